The number of carbonyl (C=O) groups excluding carboxylic acids is 2. The number of amides is 1. The van der Waals surface area contributed by atoms with Crippen molar-refractivity contribution in [2.45, 2.75) is 13.8 Å². The highest BCUT2D eigenvalue weighted by atomic mass is 35.5. The lowest BCUT2D eigenvalue weighted by molar-refractivity contribution is 0.0459. The number of hydrogen-bond donors (Lipinski definition) is 1. The van der Waals surface area contributed by atoms with Gasteiger partial charge in [-0.1, -0.05) is 25.4 Å². The van der Waals surface area contributed by atoms with Crippen LogP contribution in [0, 0.1) is 5.92 Å². The summed E-state index contributed by atoms with van der Waals surface area (Å²) in [6.45, 7) is 4.31. The number of ether oxygens (including phenoxy) is 2. The predicted octanol–water partition coefficient (Wildman–Crippen LogP) is 5.63. The van der Waals surface area contributed by atoms with E-state index in [4.69, 9.17) is 21.1 Å². The van der Waals surface area contributed by atoms with E-state index in [-0.39, 0.29) is 17.8 Å². The second-order valence-corrected chi connectivity index (χ2v) is 8.06. The molecule has 3 aromatic rings. The Kier molecular flexibility index (Phi) is 6.21. The standard InChI is InChI=1S/C21H20ClNO4S/c1-12(2)11-27-21(25)13-4-6-14(7-5-13)23-20(24)19-18(22)16-10-15(26-3)8-9-17(16)28-19/h4-10,12H,11H2,1-3H3,(H,23,24). The number of anilines is 1. The fraction of sp³-hybridized carbons (Fsp3) is 0.238. The number of rotatable bonds is 6. The van der Waals surface area contributed by atoms with Gasteiger partial charge in [0.25, 0.3) is 5.91 Å². The maximum absolute atomic E-state index is 12.6. The van der Waals surface area contributed by atoms with Gasteiger partial charge in [-0.2, -0.15) is 0 Å². The van der Waals surface area contributed by atoms with Crippen molar-refractivity contribution in [2.24, 2.45) is 5.92 Å². The van der Waals surface area contributed by atoms with Gasteiger partial charge in [0.15, 0.2) is 0 Å². The van der Waals surface area contributed by atoms with Gasteiger partial charge in [-0.05, 0) is 48.4 Å². The van der Waals surface area contributed by atoms with Crippen molar-refractivity contribution in [1.82, 2.24) is 0 Å². The van der Waals surface area contributed by atoms with Crippen molar-refractivity contribution < 1.29 is 19.1 Å². The highest BCUT2D eigenvalue weighted by molar-refractivity contribution is 7.21. The summed E-state index contributed by atoms with van der Waals surface area (Å²) in [6.07, 6.45) is 0. The van der Waals surface area contributed by atoms with Crippen molar-refractivity contribution in [2.75, 3.05) is 19.0 Å². The normalized spacial score (nSPS) is 10.9. The average molecular weight is 418 g/mol. The van der Waals surface area contributed by atoms with E-state index in [1.807, 2.05) is 32.0 Å². The molecule has 28 heavy (non-hydrogen) atoms. The smallest absolute Gasteiger partial charge is 0.338 e. The Morgan fingerprint density at radius 1 is 1.14 bits per heavy atom. The van der Waals surface area contributed by atoms with Gasteiger partial charge in [0.1, 0.15) is 10.6 Å². The Bertz CT molecular complexity index is 1010. The summed E-state index contributed by atoms with van der Waals surface area (Å²) in [6, 6.07) is 12.1. The molecule has 0 radical (unpaired) electrons. The first-order valence-electron chi connectivity index (χ1n) is 8.73. The molecular weight excluding hydrogens is 398 g/mol. The van der Waals surface area contributed by atoms with Crippen LogP contribution in [0.25, 0.3) is 10.1 Å². The molecule has 1 N–H and O–H groups in total. The maximum Gasteiger partial charge on any atom is 0.338 e. The number of thiophene rings is 1. The number of benzene rings is 2. The molecule has 1 aromatic heterocycles. The van der Waals surface area contributed by atoms with Crippen LogP contribution in [0.1, 0.15) is 33.9 Å². The average Bonchev–Trinajstić information content (AvgIpc) is 3.02. The molecule has 0 atom stereocenters. The van der Waals surface area contributed by atoms with E-state index in [0.717, 1.165) is 10.1 Å². The molecule has 0 saturated heterocycles. The molecule has 0 aliphatic carbocycles. The first kappa shape index (κ1) is 20.2. The van der Waals surface area contributed by atoms with Crippen molar-refractivity contribution >= 4 is 50.6 Å². The molecule has 0 fully saturated rings. The topological polar surface area (TPSA) is 64.6 Å². The van der Waals surface area contributed by atoms with Gasteiger partial charge in [-0.25, -0.2) is 4.79 Å². The van der Waals surface area contributed by atoms with Gasteiger partial charge in [-0.15, -0.1) is 11.3 Å². The van der Waals surface area contributed by atoms with Crippen molar-refractivity contribution in [3.05, 3.63) is 57.9 Å². The molecule has 2 aromatic carbocycles. The zero-order valence-corrected chi connectivity index (χ0v) is 17.3. The quantitative estimate of drug-likeness (QED) is 0.528. The fourth-order valence-electron chi connectivity index (χ4n) is 2.52. The number of methoxy groups -OCH3 is 1. The SMILES string of the molecule is COc1ccc2sc(C(=O)Nc3ccc(C(=O)OCC(C)C)cc3)c(Cl)c2c1. The maximum atomic E-state index is 12.6. The number of fused-ring (bicyclic) bond motifs is 1. The molecule has 0 bridgehead atoms. The van der Waals surface area contributed by atoms with Crippen molar-refractivity contribution in [1.29, 1.82) is 0 Å². The summed E-state index contributed by atoms with van der Waals surface area (Å²) in [5.74, 6) is 0.265. The Morgan fingerprint density at radius 2 is 1.86 bits per heavy atom. The van der Waals surface area contributed by atoms with Gasteiger partial charge in [0.2, 0.25) is 0 Å². The lowest BCUT2D eigenvalue weighted by Gasteiger charge is -2.08. The second-order valence-electron chi connectivity index (χ2n) is 6.63. The van der Waals surface area contributed by atoms with Gasteiger partial charge in [-0.3, -0.25) is 4.79 Å². The number of carbonyl (C=O) groups is 2. The molecule has 0 unspecified atom stereocenters. The highest BCUT2D eigenvalue weighted by Crippen LogP contribution is 2.37. The lowest BCUT2D eigenvalue weighted by Crippen LogP contribution is -2.12. The van der Waals surface area contributed by atoms with E-state index < -0.39 is 0 Å². The Morgan fingerprint density at radius 3 is 2.50 bits per heavy atom. The monoisotopic (exact) mass is 417 g/mol. The zero-order chi connectivity index (χ0) is 20.3. The summed E-state index contributed by atoms with van der Waals surface area (Å²) < 4.78 is 11.3. The van der Waals surface area contributed by atoms with Crippen LogP contribution in [0.3, 0.4) is 0 Å². The van der Waals surface area contributed by atoms with Gasteiger partial charge < -0.3 is 14.8 Å². The number of halogens is 1. The summed E-state index contributed by atoms with van der Waals surface area (Å²) in [5.41, 5.74) is 1.00. The molecule has 3 rings (SSSR count). The van der Waals surface area contributed by atoms with Crippen LogP contribution in [0.15, 0.2) is 42.5 Å². The predicted molar refractivity (Wildman–Crippen MR) is 113 cm³/mol. The van der Waals surface area contributed by atoms with Crippen LogP contribution in [0.4, 0.5) is 5.69 Å². The minimum Gasteiger partial charge on any atom is -0.497 e. The summed E-state index contributed by atoms with van der Waals surface area (Å²) in [7, 11) is 1.58. The molecule has 1 heterocycles. The van der Waals surface area contributed by atoms with Crippen LogP contribution in [0.5, 0.6) is 5.75 Å². The Labute approximate surface area is 172 Å². The van der Waals surface area contributed by atoms with Gasteiger partial charge >= 0.3 is 5.97 Å². The minimum absolute atomic E-state index is 0.272. The molecule has 5 nitrogen and oxygen atoms in total. The minimum atomic E-state index is -0.381. The van der Waals surface area contributed by atoms with E-state index in [1.54, 1.807) is 31.4 Å². The summed E-state index contributed by atoms with van der Waals surface area (Å²) in [4.78, 5) is 25.0. The molecule has 0 spiro atoms. The van der Waals surface area contributed by atoms with Crippen LogP contribution in [-0.4, -0.2) is 25.6 Å². The molecular formula is C21H20ClNO4S. The van der Waals surface area contributed by atoms with Crippen molar-refractivity contribution in [3.8, 4) is 5.75 Å². The van der Waals surface area contributed by atoms with Crippen LogP contribution >= 0.6 is 22.9 Å². The Balaban J connectivity index is 1.73. The fourth-order valence-corrected chi connectivity index (χ4v) is 3.91. The third-order valence-corrected chi connectivity index (χ3v) is 5.64. The van der Waals surface area contributed by atoms with Crippen LogP contribution in [0.2, 0.25) is 5.02 Å². The van der Waals surface area contributed by atoms with E-state index >= 15 is 0 Å². The first-order chi connectivity index (χ1) is 13.4. The lowest BCUT2D eigenvalue weighted by atomic mass is 10.2. The van der Waals surface area contributed by atoms with Crippen molar-refractivity contribution in [3.63, 3.8) is 0 Å². The van der Waals surface area contributed by atoms with E-state index in [1.165, 1.54) is 11.3 Å². The van der Waals surface area contributed by atoms with Gasteiger partial charge in [0, 0.05) is 15.8 Å². The summed E-state index contributed by atoms with van der Waals surface area (Å²) >= 11 is 7.72. The molecule has 1 amide bonds. The summed E-state index contributed by atoms with van der Waals surface area (Å²) in [5, 5.41) is 3.98. The van der Waals surface area contributed by atoms with E-state index in [0.29, 0.717) is 33.5 Å². The largest absolute Gasteiger partial charge is 0.497 e. The van der Waals surface area contributed by atoms with E-state index in [9.17, 15) is 9.59 Å². The molecule has 0 aliphatic rings. The van der Waals surface area contributed by atoms with Crippen LogP contribution < -0.4 is 10.1 Å². The zero-order valence-electron chi connectivity index (χ0n) is 15.7. The van der Waals surface area contributed by atoms with Gasteiger partial charge in [0.05, 0.1) is 24.3 Å². The first-order valence-corrected chi connectivity index (χ1v) is 9.93. The number of hydrogen-bond acceptors (Lipinski definition) is 5. The number of esters is 1. The Hall–Kier alpha value is -2.57. The van der Waals surface area contributed by atoms with E-state index in [2.05, 4.69) is 5.32 Å². The highest BCUT2D eigenvalue weighted by Gasteiger charge is 2.18. The molecule has 0 saturated carbocycles. The molecule has 146 valence electrons. The second kappa shape index (κ2) is 8.63. The molecule has 7 heteroatoms. The number of nitrogens with one attached hydrogen (secondary N) is 1. The van der Waals surface area contributed by atoms with Crippen LogP contribution in [-0.2, 0) is 4.74 Å². The third kappa shape index (κ3) is 4.46. The third-order valence-electron chi connectivity index (χ3n) is 3.97. The molecule has 0 aliphatic heterocycles.